The van der Waals surface area contributed by atoms with E-state index in [0.29, 0.717) is 12.3 Å². The fraction of sp³-hybridized carbons (Fsp3) is 0.417. The van der Waals surface area contributed by atoms with E-state index in [2.05, 4.69) is 15.9 Å². The average molecular weight is 388 g/mol. The van der Waals surface area contributed by atoms with Gasteiger partial charge in [0.25, 0.3) is 9.05 Å². The third-order valence-electron chi connectivity index (χ3n) is 2.42. The van der Waals surface area contributed by atoms with Crippen LogP contribution in [0, 0.1) is 11.7 Å². The van der Waals surface area contributed by atoms with Crippen LogP contribution >= 0.6 is 26.6 Å². The van der Waals surface area contributed by atoms with Crippen LogP contribution in [0.15, 0.2) is 21.5 Å². The van der Waals surface area contributed by atoms with E-state index in [1.807, 2.05) is 13.8 Å². The Balaban J connectivity index is 3.03. The number of hydrogen-bond acceptors (Lipinski definition) is 4. The Kier molecular flexibility index (Phi) is 5.97. The predicted molar refractivity (Wildman–Crippen MR) is 76.9 cm³/mol. The largest absolute Gasteiger partial charge is 0.462 e. The minimum Gasteiger partial charge on any atom is -0.462 e. The molecule has 112 valence electrons. The van der Waals surface area contributed by atoms with Crippen molar-refractivity contribution in [3.63, 3.8) is 0 Å². The van der Waals surface area contributed by atoms with Gasteiger partial charge in [-0.2, -0.15) is 0 Å². The highest BCUT2D eigenvalue weighted by molar-refractivity contribution is 9.10. The Morgan fingerprint density at radius 1 is 1.45 bits per heavy atom. The van der Waals surface area contributed by atoms with Gasteiger partial charge in [-0.05, 0) is 40.4 Å². The Hall–Kier alpha value is -0.660. The molecule has 0 aliphatic carbocycles. The molecule has 0 unspecified atom stereocenters. The zero-order valence-electron chi connectivity index (χ0n) is 10.8. The van der Waals surface area contributed by atoms with Crippen LogP contribution in [0.4, 0.5) is 4.39 Å². The summed E-state index contributed by atoms with van der Waals surface area (Å²) in [6.07, 6.45) is 0.658. The van der Waals surface area contributed by atoms with E-state index in [4.69, 9.17) is 15.4 Å². The molecule has 0 heterocycles. The van der Waals surface area contributed by atoms with Gasteiger partial charge < -0.3 is 4.74 Å². The molecule has 0 aliphatic rings. The fourth-order valence-corrected chi connectivity index (χ4v) is 3.42. The van der Waals surface area contributed by atoms with E-state index in [-0.39, 0.29) is 16.6 Å². The van der Waals surface area contributed by atoms with Crippen molar-refractivity contribution in [3.8, 4) is 0 Å². The van der Waals surface area contributed by atoms with Gasteiger partial charge in [0.2, 0.25) is 0 Å². The SMILES string of the molecule is CC(C)CCOC(=O)c1cc(F)c(Br)c(S(=O)(=O)Cl)c1. The third-order valence-corrected chi connectivity index (χ3v) is 4.84. The second-order valence-corrected chi connectivity index (χ2v) is 7.85. The number of hydrogen-bond donors (Lipinski definition) is 0. The molecule has 0 saturated heterocycles. The number of carbonyl (C=O) groups excluding carboxylic acids is 1. The summed E-state index contributed by atoms with van der Waals surface area (Å²) in [6, 6.07) is 1.88. The molecular weight excluding hydrogens is 375 g/mol. The van der Waals surface area contributed by atoms with Crippen molar-refractivity contribution in [3.05, 3.63) is 28.0 Å². The number of benzene rings is 1. The number of ether oxygens (including phenoxy) is 1. The van der Waals surface area contributed by atoms with Gasteiger partial charge in [0.05, 0.1) is 16.6 Å². The second kappa shape index (κ2) is 6.87. The zero-order valence-corrected chi connectivity index (χ0v) is 14.0. The lowest BCUT2D eigenvalue weighted by Gasteiger charge is -2.09. The van der Waals surface area contributed by atoms with Crippen molar-refractivity contribution in [2.75, 3.05) is 6.61 Å². The van der Waals surface area contributed by atoms with Gasteiger partial charge >= 0.3 is 5.97 Å². The number of carbonyl (C=O) groups is 1. The summed E-state index contributed by atoms with van der Waals surface area (Å²) in [6.45, 7) is 4.10. The molecule has 0 N–H and O–H groups in total. The predicted octanol–water partition coefficient (Wildman–Crippen LogP) is 3.72. The first-order valence-electron chi connectivity index (χ1n) is 5.73. The summed E-state index contributed by atoms with van der Waals surface area (Å²) >= 11 is 2.78. The summed E-state index contributed by atoms with van der Waals surface area (Å²) in [7, 11) is 1.01. The van der Waals surface area contributed by atoms with Gasteiger partial charge in [0.1, 0.15) is 10.7 Å². The quantitative estimate of drug-likeness (QED) is 0.571. The molecule has 8 heteroatoms. The standard InChI is InChI=1S/C12H13BrClFO4S/c1-7(2)3-4-19-12(16)8-5-9(15)11(13)10(6-8)20(14,17)18/h5-7H,3-4H2,1-2H3. The van der Waals surface area contributed by atoms with Crippen LogP contribution in [0.3, 0.4) is 0 Å². The number of halogens is 3. The van der Waals surface area contributed by atoms with E-state index in [9.17, 15) is 17.6 Å². The monoisotopic (exact) mass is 386 g/mol. The van der Waals surface area contributed by atoms with Gasteiger partial charge in [-0.25, -0.2) is 17.6 Å². The van der Waals surface area contributed by atoms with Crippen LogP contribution < -0.4 is 0 Å². The third kappa shape index (κ3) is 4.71. The van der Waals surface area contributed by atoms with Crippen molar-refractivity contribution in [2.45, 2.75) is 25.2 Å². The second-order valence-electron chi connectivity index (χ2n) is 4.53. The Morgan fingerprint density at radius 2 is 2.05 bits per heavy atom. The van der Waals surface area contributed by atoms with Crippen molar-refractivity contribution >= 4 is 41.6 Å². The van der Waals surface area contributed by atoms with Crippen LogP contribution in [0.2, 0.25) is 0 Å². The first-order chi connectivity index (χ1) is 9.12. The maximum absolute atomic E-state index is 13.6. The molecule has 0 saturated carbocycles. The molecule has 0 radical (unpaired) electrons. The highest BCUT2D eigenvalue weighted by Crippen LogP contribution is 2.29. The molecule has 0 bridgehead atoms. The Bertz CT molecular complexity index is 616. The summed E-state index contributed by atoms with van der Waals surface area (Å²) in [5.41, 5.74) is -0.200. The normalized spacial score (nSPS) is 11.7. The molecule has 1 rings (SSSR count). The Labute approximate surface area is 129 Å². The molecule has 0 aromatic heterocycles. The van der Waals surface area contributed by atoms with Crippen LogP contribution in [0.1, 0.15) is 30.6 Å². The zero-order chi connectivity index (χ0) is 15.5. The van der Waals surface area contributed by atoms with Crippen molar-refractivity contribution < 1.29 is 22.3 Å². The summed E-state index contributed by atoms with van der Waals surface area (Å²) < 4.78 is 40.8. The molecule has 0 fully saturated rings. The highest BCUT2D eigenvalue weighted by Gasteiger charge is 2.21. The molecule has 0 amide bonds. The van der Waals surface area contributed by atoms with Gasteiger partial charge in [-0.15, -0.1) is 0 Å². The molecule has 1 aromatic carbocycles. The first kappa shape index (κ1) is 17.4. The van der Waals surface area contributed by atoms with Gasteiger partial charge in [0.15, 0.2) is 0 Å². The van der Waals surface area contributed by atoms with Crippen molar-refractivity contribution in [2.24, 2.45) is 5.92 Å². The lowest BCUT2D eigenvalue weighted by Crippen LogP contribution is -2.10. The average Bonchev–Trinajstić information content (AvgIpc) is 2.30. The van der Waals surface area contributed by atoms with Crippen LogP contribution in [0.25, 0.3) is 0 Å². The van der Waals surface area contributed by atoms with Crippen LogP contribution in [-0.4, -0.2) is 21.0 Å². The molecular formula is C12H13BrClFO4S. The van der Waals surface area contributed by atoms with E-state index in [1.54, 1.807) is 0 Å². The van der Waals surface area contributed by atoms with Crippen LogP contribution in [0.5, 0.6) is 0 Å². The molecule has 0 aliphatic heterocycles. The van der Waals surface area contributed by atoms with Gasteiger partial charge in [0, 0.05) is 10.7 Å². The molecule has 1 aromatic rings. The van der Waals surface area contributed by atoms with E-state index in [0.717, 1.165) is 12.1 Å². The first-order valence-corrected chi connectivity index (χ1v) is 8.84. The topological polar surface area (TPSA) is 60.4 Å². The number of rotatable bonds is 5. The minimum atomic E-state index is -4.17. The highest BCUT2D eigenvalue weighted by atomic mass is 79.9. The maximum atomic E-state index is 13.6. The van der Waals surface area contributed by atoms with E-state index >= 15 is 0 Å². The van der Waals surface area contributed by atoms with Gasteiger partial charge in [-0.1, -0.05) is 13.8 Å². The molecule has 0 atom stereocenters. The number of esters is 1. The smallest absolute Gasteiger partial charge is 0.338 e. The molecule has 20 heavy (non-hydrogen) atoms. The maximum Gasteiger partial charge on any atom is 0.338 e. The Morgan fingerprint density at radius 3 is 2.55 bits per heavy atom. The van der Waals surface area contributed by atoms with E-state index in [1.165, 1.54) is 0 Å². The van der Waals surface area contributed by atoms with Crippen LogP contribution in [-0.2, 0) is 13.8 Å². The molecule has 0 spiro atoms. The fourth-order valence-electron chi connectivity index (χ4n) is 1.33. The lowest BCUT2D eigenvalue weighted by atomic mass is 10.1. The minimum absolute atomic E-state index is 0.178. The summed E-state index contributed by atoms with van der Waals surface area (Å²) in [5.74, 6) is -1.34. The van der Waals surface area contributed by atoms with Crippen molar-refractivity contribution in [1.82, 2.24) is 0 Å². The summed E-state index contributed by atoms with van der Waals surface area (Å²) in [4.78, 5) is 11.2. The van der Waals surface area contributed by atoms with Gasteiger partial charge in [-0.3, -0.25) is 0 Å². The lowest BCUT2D eigenvalue weighted by molar-refractivity contribution is 0.0487. The van der Waals surface area contributed by atoms with E-state index < -0.39 is 25.7 Å². The summed E-state index contributed by atoms with van der Waals surface area (Å²) in [5, 5.41) is 0. The molecule has 4 nitrogen and oxygen atoms in total. The van der Waals surface area contributed by atoms with Crippen molar-refractivity contribution in [1.29, 1.82) is 0 Å².